The van der Waals surface area contributed by atoms with E-state index in [1.165, 1.54) is 0 Å². The van der Waals surface area contributed by atoms with Crippen LogP contribution in [0.1, 0.15) is 22.7 Å². The highest BCUT2D eigenvalue weighted by atomic mass is 16.1. The van der Waals surface area contributed by atoms with Crippen molar-refractivity contribution in [2.75, 3.05) is 6.54 Å². The summed E-state index contributed by atoms with van der Waals surface area (Å²) in [5.41, 5.74) is 8.59. The number of hydrogen-bond donors (Lipinski definition) is 1. The average molecular weight is 333 g/mol. The molecule has 3 aromatic rings. The average Bonchev–Trinajstić information content (AvgIpc) is 2.64. The predicted molar refractivity (Wildman–Crippen MR) is 94.2 cm³/mol. The van der Waals surface area contributed by atoms with E-state index in [1.807, 2.05) is 47.5 Å². The molecule has 126 valence electrons. The first kappa shape index (κ1) is 16.7. The summed E-state index contributed by atoms with van der Waals surface area (Å²) in [5, 5.41) is 0. The summed E-state index contributed by atoms with van der Waals surface area (Å²) in [7, 11) is 0. The van der Waals surface area contributed by atoms with Crippen LogP contribution in [-0.4, -0.2) is 32.3 Å². The molecule has 0 saturated carbocycles. The van der Waals surface area contributed by atoms with Gasteiger partial charge >= 0.3 is 0 Å². The lowest BCUT2D eigenvalue weighted by Crippen LogP contribution is -2.37. The number of carbonyl (C=O) groups excluding carboxylic acids is 1. The van der Waals surface area contributed by atoms with Crippen LogP contribution in [0.2, 0.25) is 0 Å². The summed E-state index contributed by atoms with van der Waals surface area (Å²) in [4.78, 5) is 26.1. The van der Waals surface area contributed by atoms with Crippen LogP contribution in [0, 0.1) is 0 Å². The van der Waals surface area contributed by atoms with Gasteiger partial charge in [-0.05, 0) is 47.0 Å². The number of primary amides is 1. The van der Waals surface area contributed by atoms with Crippen LogP contribution in [0.15, 0.2) is 73.6 Å². The molecule has 1 amide bonds. The Morgan fingerprint density at radius 2 is 1.60 bits per heavy atom. The third-order valence-corrected chi connectivity index (χ3v) is 3.88. The van der Waals surface area contributed by atoms with Crippen LogP contribution in [0.5, 0.6) is 0 Å². The Balaban J connectivity index is 2.01. The van der Waals surface area contributed by atoms with Crippen molar-refractivity contribution in [3.8, 4) is 0 Å². The molecule has 3 heterocycles. The molecule has 0 aliphatic rings. The van der Waals surface area contributed by atoms with E-state index in [1.54, 1.807) is 31.0 Å². The maximum atomic E-state index is 11.7. The molecule has 0 bridgehead atoms. The summed E-state index contributed by atoms with van der Waals surface area (Å²) < 4.78 is 0. The fourth-order valence-electron chi connectivity index (χ4n) is 2.86. The van der Waals surface area contributed by atoms with Gasteiger partial charge in [-0.15, -0.1) is 0 Å². The van der Waals surface area contributed by atoms with Gasteiger partial charge in [0.05, 0.1) is 12.6 Å². The van der Waals surface area contributed by atoms with Gasteiger partial charge in [0.2, 0.25) is 5.91 Å². The van der Waals surface area contributed by atoms with Gasteiger partial charge in [0.25, 0.3) is 0 Å². The molecule has 0 spiro atoms. The maximum Gasteiger partial charge on any atom is 0.231 e. The molecule has 2 N–H and O–H groups in total. The predicted octanol–water partition coefficient (Wildman–Crippen LogP) is 1.95. The van der Waals surface area contributed by atoms with Gasteiger partial charge < -0.3 is 5.73 Å². The third kappa shape index (κ3) is 4.45. The molecule has 1 atom stereocenters. The first-order chi connectivity index (χ1) is 12.2. The second kappa shape index (κ2) is 8.12. The lowest BCUT2D eigenvalue weighted by molar-refractivity contribution is -0.119. The number of nitrogens with zero attached hydrogens (tertiary/aromatic N) is 4. The zero-order valence-corrected chi connectivity index (χ0v) is 13.7. The number of aromatic nitrogens is 3. The van der Waals surface area contributed by atoms with Crippen molar-refractivity contribution in [2.24, 2.45) is 5.73 Å². The number of carbonyl (C=O) groups is 1. The van der Waals surface area contributed by atoms with E-state index in [9.17, 15) is 4.79 Å². The molecule has 1 unspecified atom stereocenters. The topological polar surface area (TPSA) is 85.0 Å². The highest BCUT2D eigenvalue weighted by molar-refractivity contribution is 5.76. The Morgan fingerprint density at radius 1 is 0.920 bits per heavy atom. The van der Waals surface area contributed by atoms with Crippen LogP contribution in [0.3, 0.4) is 0 Å². The van der Waals surface area contributed by atoms with Crippen molar-refractivity contribution in [1.82, 2.24) is 19.9 Å². The monoisotopic (exact) mass is 333 g/mol. The van der Waals surface area contributed by atoms with Crippen LogP contribution in [-0.2, 0) is 11.3 Å². The number of nitrogens with two attached hydrogens (primary N) is 1. The minimum absolute atomic E-state index is 0.129. The Hall–Kier alpha value is -3.12. The molecule has 25 heavy (non-hydrogen) atoms. The van der Waals surface area contributed by atoms with Crippen molar-refractivity contribution in [1.29, 1.82) is 0 Å². The molecule has 3 rings (SSSR count). The zero-order valence-electron chi connectivity index (χ0n) is 13.7. The van der Waals surface area contributed by atoms with Gasteiger partial charge in [0.15, 0.2) is 0 Å². The van der Waals surface area contributed by atoms with E-state index in [2.05, 4.69) is 15.0 Å². The Bertz CT molecular complexity index is 756. The largest absolute Gasteiger partial charge is 0.369 e. The van der Waals surface area contributed by atoms with Gasteiger partial charge in [-0.1, -0.05) is 6.07 Å². The SMILES string of the molecule is NC(=O)CN(Cc1ccncc1)C(c1ccncc1)c1cccnc1. The minimum atomic E-state index is -0.378. The molecule has 0 saturated heterocycles. The minimum Gasteiger partial charge on any atom is -0.369 e. The highest BCUT2D eigenvalue weighted by Gasteiger charge is 2.24. The van der Waals surface area contributed by atoms with Crippen molar-refractivity contribution in [3.05, 3.63) is 90.3 Å². The van der Waals surface area contributed by atoms with Crippen LogP contribution in [0.4, 0.5) is 0 Å². The number of hydrogen-bond acceptors (Lipinski definition) is 5. The standard InChI is InChI=1S/C19H19N5O/c20-18(25)14-24(13-15-3-8-21-9-4-15)19(16-5-10-22-11-6-16)17-2-1-7-23-12-17/h1-12,19H,13-14H2,(H2,20,25). The molecule has 0 fully saturated rings. The van der Waals surface area contributed by atoms with Crippen molar-refractivity contribution in [2.45, 2.75) is 12.6 Å². The van der Waals surface area contributed by atoms with E-state index in [0.29, 0.717) is 6.54 Å². The summed E-state index contributed by atoms with van der Waals surface area (Å²) >= 11 is 0. The van der Waals surface area contributed by atoms with Gasteiger partial charge in [-0.3, -0.25) is 24.6 Å². The quantitative estimate of drug-likeness (QED) is 0.714. The van der Waals surface area contributed by atoms with Gasteiger partial charge in [-0.25, -0.2) is 0 Å². The smallest absolute Gasteiger partial charge is 0.231 e. The fourth-order valence-corrected chi connectivity index (χ4v) is 2.86. The second-order valence-electron chi connectivity index (χ2n) is 5.70. The van der Waals surface area contributed by atoms with E-state index in [4.69, 9.17) is 5.73 Å². The lowest BCUT2D eigenvalue weighted by atomic mass is 9.98. The number of rotatable bonds is 7. The second-order valence-corrected chi connectivity index (χ2v) is 5.70. The third-order valence-electron chi connectivity index (χ3n) is 3.88. The summed E-state index contributed by atoms with van der Waals surface area (Å²) in [6.45, 7) is 0.692. The summed E-state index contributed by atoms with van der Waals surface area (Å²) in [6.07, 6.45) is 10.5. The van der Waals surface area contributed by atoms with E-state index in [0.717, 1.165) is 16.7 Å². The van der Waals surface area contributed by atoms with E-state index < -0.39 is 0 Å². The lowest BCUT2D eigenvalue weighted by Gasteiger charge is -2.31. The zero-order chi connectivity index (χ0) is 17.5. The van der Waals surface area contributed by atoms with E-state index in [-0.39, 0.29) is 18.5 Å². The first-order valence-corrected chi connectivity index (χ1v) is 7.95. The van der Waals surface area contributed by atoms with Crippen LogP contribution >= 0.6 is 0 Å². The maximum absolute atomic E-state index is 11.7. The number of amides is 1. The molecule has 6 nitrogen and oxygen atoms in total. The van der Waals surface area contributed by atoms with Crippen molar-refractivity contribution in [3.63, 3.8) is 0 Å². The van der Waals surface area contributed by atoms with Crippen LogP contribution < -0.4 is 5.73 Å². The number of pyridine rings is 3. The molecule has 3 aromatic heterocycles. The Kier molecular flexibility index (Phi) is 5.43. The van der Waals surface area contributed by atoms with Gasteiger partial charge in [-0.2, -0.15) is 0 Å². The fraction of sp³-hybridized carbons (Fsp3) is 0.158. The van der Waals surface area contributed by atoms with Gasteiger partial charge in [0.1, 0.15) is 0 Å². The van der Waals surface area contributed by atoms with Crippen LogP contribution in [0.25, 0.3) is 0 Å². The van der Waals surface area contributed by atoms with E-state index >= 15 is 0 Å². The normalized spacial score (nSPS) is 12.0. The molecule has 6 heteroatoms. The Labute approximate surface area is 146 Å². The van der Waals surface area contributed by atoms with Crippen molar-refractivity contribution >= 4 is 5.91 Å². The van der Waals surface area contributed by atoms with Crippen molar-refractivity contribution < 1.29 is 4.79 Å². The first-order valence-electron chi connectivity index (χ1n) is 7.95. The molecule has 0 aliphatic heterocycles. The Morgan fingerprint density at radius 3 is 2.20 bits per heavy atom. The summed E-state index contributed by atoms with van der Waals surface area (Å²) in [6, 6.07) is 11.5. The van der Waals surface area contributed by atoms with Gasteiger partial charge in [0, 0.05) is 43.7 Å². The highest BCUT2D eigenvalue weighted by Crippen LogP contribution is 2.29. The molecule has 0 aromatic carbocycles. The molecule has 0 radical (unpaired) electrons. The summed E-state index contributed by atoms with van der Waals surface area (Å²) in [5.74, 6) is -0.378. The molecular weight excluding hydrogens is 314 g/mol. The molecular formula is C19H19N5O. The molecule has 0 aliphatic carbocycles.